The van der Waals surface area contributed by atoms with Crippen LogP contribution >= 0.6 is 7.82 Å². The summed E-state index contributed by atoms with van der Waals surface area (Å²) in [5.74, 6) is -0.312. The van der Waals surface area contributed by atoms with Gasteiger partial charge < -0.3 is 9.63 Å². The number of hydrogen-bond acceptors (Lipinski definition) is 5. The molecule has 0 aliphatic carbocycles. The van der Waals surface area contributed by atoms with E-state index in [0.29, 0.717) is 0 Å². The standard InChI is InChI=1S/C14H27O6P/c1-5-7-8-13(6-2)11-20-21(16,17)19-10-9-18-14(15)12(3)4/h13H,3,5-11H2,1-2,4H3,(H,16,17). The fourth-order valence-corrected chi connectivity index (χ4v) is 2.32. The van der Waals surface area contributed by atoms with E-state index in [1.807, 2.05) is 6.92 Å². The Morgan fingerprint density at radius 2 is 1.95 bits per heavy atom. The quantitative estimate of drug-likeness (QED) is 0.256. The Morgan fingerprint density at radius 3 is 2.48 bits per heavy atom. The molecule has 0 saturated heterocycles. The molecular formula is C14H27O6P. The van der Waals surface area contributed by atoms with Crippen molar-refractivity contribution in [3.8, 4) is 0 Å². The van der Waals surface area contributed by atoms with Gasteiger partial charge in [0, 0.05) is 5.57 Å². The topological polar surface area (TPSA) is 82.1 Å². The van der Waals surface area contributed by atoms with E-state index in [4.69, 9.17) is 13.8 Å². The minimum Gasteiger partial charge on any atom is -0.460 e. The van der Waals surface area contributed by atoms with E-state index in [2.05, 4.69) is 13.5 Å². The van der Waals surface area contributed by atoms with E-state index in [0.717, 1.165) is 25.7 Å². The van der Waals surface area contributed by atoms with Crippen molar-refractivity contribution < 1.29 is 28.0 Å². The molecule has 7 heteroatoms. The molecule has 0 saturated carbocycles. The summed E-state index contributed by atoms with van der Waals surface area (Å²) in [4.78, 5) is 20.6. The highest BCUT2D eigenvalue weighted by Crippen LogP contribution is 2.43. The molecule has 0 bridgehead atoms. The zero-order valence-electron chi connectivity index (χ0n) is 13.2. The first kappa shape index (κ1) is 20.3. The summed E-state index contributed by atoms with van der Waals surface area (Å²) in [6.45, 7) is 8.93. The lowest BCUT2D eigenvalue weighted by Gasteiger charge is -2.17. The zero-order chi connectivity index (χ0) is 16.3. The average Bonchev–Trinajstić information content (AvgIpc) is 2.43. The Labute approximate surface area is 127 Å². The van der Waals surface area contributed by atoms with Crippen molar-refractivity contribution in [2.75, 3.05) is 19.8 Å². The van der Waals surface area contributed by atoms with Crippen LogP contribution in [0.5, 0.6) is 0 Å². The van der Waals surface area contributed by atoms with Crippen molar-refractivity contribution in [1.82, 2.24) is 0 Å². The Kier molecular flexibility index (Phi) is 10.6. The molecule has 0 spiro atoms. The molecule has 0 amide bonds. The van der Waals surface area contributed by atoms with Crippen LogP contribution in [0.15, 0.2) is 12.2 Å². The Hall–Kier alpha value is -0.680. The Morgan fingerprint density at radius 1 is 1.29 bits per heavy atom. The molecule has 124 valence electrons. The normalized spacial score (nSPS) is 15.2. The largest absolute Gasteiger partial charge is 0.472 e. The third-order valence-electron chi connectivity index (χ3n) is 2.94. The van der Waals surface area contributed by atoms with Crippen LogP contribution in [0.25, 0.3) is 0 Å². The molecule has 0 heterocycles. The molecule has 21 heavy (non-hydrogen) atoms. The molecule has 0 fully saturated rings. The van der Waals surface area contributed by atoms with Gasteiger partial charge >= 0.3 is 13.8 Å². The lowest BCUT2D eigenvalue weighted by molar-refractivity contribution is -0.139. The number of unbranched alkanes of at least 4 members (excludes halogenated alkanes) is 1. The van der Waals surface area contributed by atoms with Crippen LogP contribution in [-0.2, 0) is 23.1 Å². The van der Waals surface area contributed by atoms with Crippen LogP contribution in [-0.4, -0.2) is 30.7 Å². The lowest BCUT2D eigenvalue weighted by atomic mass is 10.0. The molecule has 0 aromatic carbocycles. The molecule has 0 radical (unpaired) electrons. The van der Waals surface area contributed by atoms with Crippen LogP contribution in [0.3, 0.4) is 0 Å². The highest BCUT2D eigenvalue weighted by atomic mass is 31.2. The van der Waals surface area contributed by atoms with Gasteiger partial charge in [0.05, 0.1) is 13.2 Å². The van der Waals surface area contributed by atoms with Crippen LogP contribution in [0.4, 0.5) is 0 Å². The first-order valence-electron chi connectivity index (χ1n) is 7.26. The third-order valence-corrected chi connectivity index (χ3v) is 3.92. The second-order valence-corrected chi connectivity index (χ2v) is 6.38. The van der Waals surface area contributed by atoms with Gasteiger partial charge in [0.15, 0.2) is 0 Å². The van der Waals surface area contributed by atoms with Gasteiger partial charge in [0.1, 0.15) is 6.61 Å². The van der Waals surface area contributed by atoms with Crippen molar-refractivity contribution in [3.63, 3.8) is 0 Å². The summed E-state index contributed by atoms with van der Waals surface area (Å²) in [7, 11) is -4.09. The number of hydrogen-bond donors (Lipinski definition) is 1. The zero-order valence-corrected chi connectivity index (χ0v) is 14.1. The molecule has 1 N–H and O–H groups in total. The van der Waals surface area contributed by atoms with Crippen molar-refractivity contribution in [3.05, 3.63) is 12.2 Å². The molecule has 2 atom stereocenters. The number of esters is 1. The third kappa shape index (κ3) is 10.7. The smallest absolute Gasteiger partial charge is 0.460 e. The summed E-state index contributed by atoms with van der Waals surface area (Å²) in [5.41, 5.74) is 0.264. The second kappa shape index (κ2) is 11.0. The van der Waals surface area contributed by atoms with Gasteiger partial charge in [-0.1, -0.05) is 39.7 Å². The monoisotopic (exact) mass is 322 g/mol. The van der Waals surface area contributed by atoms with Gasteiger partial charge in [-0.3, -0.25) is 9.05 Å². The minimum absolute atomic E-state index is 0.118. The van der Waals surface area contributed by atoms with Crippen molar-refractivity contribution in [1.29, 1.82) is 0 Å². The van der Waals surface area contributed by atoms with E-state index < -0.39 is 13.8 Å². The van der Waals surface area contributed by atoms with E-state index >= 15 is 0 Å². The Bertz CT molecular complexity index is 368. The van der Waals surface area contributed by atoms with Crippen LogP contribution in [0, 0.1) is 5.92 Å². The van der Waals surface area contributed by atoms with Gasteiger partial charge in [0.25, 0.3) is 0 Å². The van der Waals surface area contributed by atoms with Crippen LogP contribution in [0.1, 0.15) is 46.5 Å². The van der Waals surface area contributed by atoms with E-state index in [9.17, 15) is 14.3 Å². The fraction of sp³-hybridized carbons (Fsp3) is 0.786. The highest BCUT2D eigenvalue weighted by molar-refractivity contribution is 7.47. The summed E-state index contributed by atoms with van der Waals surface area (Å²) in [6.07, 6.45) is 3.99. The first-order valence-corrected chi connectivity index (χ1v) is 8.76. The molecule has 0 aromatic heterocycles. The van der Waals surface area contributed by atoms with Gasteiger partial charge in [-0.05, 0) is 19.3 Å². The van der Waals surface area contributed by atoms with E-state index in [1.54, 1.807) is 0 Å². The molecule has 6 nitrogen and oxygen atoms in total. The number of rotatable bonds is 12. The first-order chi connectivity index (χ1) is 9.82. The lowest BCUT2D eigenvalue weighted by Crippen LogP contribution is -2.12. The van der Waals surface area contributed by atoms with E-state index in [-0.39, 0.29) is 31.3 Å². The average molecular weight is 322 g/mol. The summed E-state index contributed by atoms with van der Waals surface area (Å²) >= 11 is 0. The number of ether oxygens (including phenoxy) is 1. The minimum atomic E-state index is -4.09. The number of carbonyl (C=O) groups is 1. The number of phosphoric acid groups is 1. The highest BCUT2D eigenvalue weighted by Gasteiger charge is 2.22. The van der Waals surface area contributed by atoms with Crippen molar-refractivity contribution in [2.45, 2.75) is 46.5 Å². The number of carbonyl (C=O) groups excluding carboxylic acids is 1. The van der Waals surface area contributed by atoms with Crippen LogP contribution in [0.2, 0.25) is 0 Å². The van der Waals surface area contributed by atoms with Crippen LogP contribution < -0.4 is 0 Å². The predicted molar refractivity (Wildman–Crippen MR) is 80.8 cm³/mol. The van der Waals surface area contributed by atoms with Gasteiger partial charge in [-0.2, -0.15) is 0 Å². The molecule has 2 unspecified atom stereocenters. The predicted octanol–water partition coefficient (Wildman–Crippen LogP) is 3.46. The maximum atomic E-state index is 11.6. The molecular weight excluding hydrogens is 295 g/mol. The van der Waals surface area contributed by atoms with Crippen molar-refractivity contribution in [2.24, 2.45) is 5.92 Å². The van der Waals surface area contributed by atoms with Crippen molar-refractivity contribution >= 4 is 13.8 Å². The maximum absolute atomic E-state index is 11.6. The van der Waals surface area contributed by atoms with Gasteiger partial charge in [0.2, 0.25) is 0 Å². The fourth-order valence-electron chi connectivity index (χ4n) is 1.55. The molecule has 0 rings (SSSR count). The maximum Gasteiger partial charge on any atom is 0.472 e. The summed E-state index contributed by atoms with van der Waals surface area (Å²) in [5, 5.41) is 0. The molecule has 0 aliphatic heterocycles. The van der Waals surface area contributed by atoms with E-state index in [1.165, 1.54) is 6.92 Å². The molecule has 0 aromatic rings. The number of phosphoric ester groups is 1. The van der Waals surface area contributed by atoms with Gasteiger partial charge in [-0.15, -0.1) is 0 Å². The Balaban J connectivity index is 3.94. The van der Waals surface area contributed by atoms with Gasteiger partial charge in [-0.25, -0.2) is 9.36 Å². The second-order valence-electron chi connectivity index (χ2n) is 4.93. The SMILES string of the molecule is C=C(C)C(=O)OCCOP(=O)(O)OCC(CC)CCCC. The summed E-state index contributed by atoms with van der Waals surface area (Å²) < 4.78 is 26.1. The summed E-state index contributed by atoms with van der Waals surface area (Å²) in [6, 6.07) is 0. The molecule has 0 aliphatic rings.